The normalized spacial score (nSPS) is 11.1. The molecule has 1 aromatic rings. The Morgan fingerprint density at radius 3 is 2.20 bits per heavy atom. The molecule has 0 aromatic carbocycles. The molecule has 6 nitrogen and oxygen atoms in total. The van der Waals surface area contributed by atoms with Crippen molar-refractivity contribution >= 4 is 33.8 Å². The molecule has 0 saturated heterocycles. The van der Waals surface area contributed by atoms with Gasteiger partial charge in [0, 0.05) is 14.1 Å². The Balaban J connectivity index is 3.20. The first kappa shape index (κ1) is 16.1. The maximum atomic E-state index is 12.2. The zero-order valence-electron chi connectivity index (χ0n) is 10.6. The van der Waals surface area contributed by atoms with E-state index in [1.165, 1.54) is 14.1 Å². The fourth-order valence-electron chi connectivity index (χ4n) is 1.38. The Morgan fingerprint density at radius 1 is 1.20 bits per heavy atom. The van der Waals surface area contributed by atoms with Crippen LogP contribution in [0.15, 0.2) is 0 Å². The average molecular weight is 310 g/mol. The van der Waals surface area contributed by atoms with E-state index in [9.17, 15) is 22.8 Å². The Labute approximate surface area is 116 Å². The lowest BCUT2D eigenvalue weighted by Gasteiger charge is -2.09. The van der Waals surface area contributed by atoms with Crippen LogP contribution in [0, 0.1) is 0 Å². The number of hydrogen-bond donors (Lipinski definition) is 4. The maximum Gasteiger partial charge on any atom is 0.405 e. The summed E-state index contributed by atoms with van der Waals surface area (Å²) in [4.78, 5) is 23.2. The van der Waals surface area contributed by atoms with Gasteiger partial charge in [0.25, 0.3) is 11.8 Å². The summed E-state index contributed by atoms with van der Waals surface area (Å²) in [6.45, 7) is -1.33. The van der Waals surface area contributed by atoms with Crippen LogP contribution in [0.3, 0.4) is 0 Å². The highest BCUT2D eigenvalue weighted by atomic mass is 32.1. The highest BCUT2D eigenvalue weighted by Gasteiger charge is 2.30. The van der Waals surface area contributed by atoms with E-state index in [4.69, 9.17) is 5.73 Å². The minimum atomic E-state index is -4.45. The Morgan fingerprint density at radius 2 is 1.75 bits per heavy atom. The number of carbonyl (C=O) groups is 2. The summed E-state index contributed by atoms with van der Waals surface area (Å²) >= 11 is 0.694. The monoisotopic (exact) mass is 310 g/mol. The molecule has 0 radical (unpaired) electrons. The number of alkyl halides is 3. The highest BCUT2D eigenvalue weighted by molar-refractivity contribution is 7.19. The summed E-state index contributed by atoms with van der Waals surface area (Å²) in [5.74, 6) is -1.24. The number of amides is 2. The number of nitrogen functional groups attached to an aromatic ring is 1. The first-order valence-corrected chi connectivity index (χ1v) is 6.20. The predicted molar refractivity (Wildman–Crippen MR) is 70.1 cm³/mol. The molecule has 0 aliphatic carbocycles. The lowest BCUT2D eigenvalue weighted by molar-refractivity contribution is -0.115. The summed E-state index contributed by atoms with van der Waals surface area (Å²) in [6, 6.07) is 0. The van der Waals surface area contributed by atoms with E-state index in [0.717, 1.165) is 0 Å². The predicted octanol–water partition coefficient (Wildman–Crippen LogP) is 1.02. The molecule has 0 bridgehead atoms. The summed E-state index contributed by atoms with van der Waals surface area (Å²) < 4.78 is 36.7. The van der Waals surface area contributed by atoms with Crippen LogP contribution in [-0.4, -0.2) is 38.6 Å². The third kappa shape index (κ3) is 3.53. The van der Waals surface area contributed by atoms with E-state index in [1.54, 1.807) is 0 Å². The fourth-order valence-corrected chi connectivity index (χ4v) is 2.44. The number of anilines is 2. The first-order valence-electron chi connectivity index (χ1n) is 5.38. The molecule has 0 aliphatic rings. The molecule has 5 N–H and O–H groups in total. The standard InChI is InChI=1S/C10H13F3N4O2S/c1-15-7(18)4-5(14)6(8(19)16-2)20-9(4)17-3-10(11,12)13/h17H,3,14H2,1-2H3,(H,15,18)(H,16,19). The smallest absolute Gasteiger partial charge is 0.397 e. The van der Waals surface area contributed by atoms with E-state index >= 15 is 0 Å². The van der Waals surface area contributed by atoms with Crippen LogP contribution < -0.4 is 21.7 Å². The van der Waals surface area contributed by atoms with Gasteiger partial charge in [-0.1, -0.05) is 0 Å². The van der Waals surface area contributed by atoms with Crippen molar-refractivity contribution in [1.29, 1.82) is 0 Å². The molecule has 2 amide bonds. The Hall–Kier alpha value is -1.97. The van der Waals surface area contributed by atoms with Gasteiger partial charge in [0.05, 0.1) is 11.3 Å². The van der Waals surface area contributed by atoms with Gasteiger partial charge in [0.1, 0.15) is 16.4 Å². The van der Waals surface area contributed by atoms with Gasteiger partial charge in [0.2, 0.25) is 0 Å². The third-order valence-corrected chi connectivity index (χ3v) is 3.44. The minimum absolute atomic E-state index is 0.0178. The van der Waals surface area contributed by atoms with E-state index < -0.39 is 24.5 Å². The number of thiophene rings is 1. The molecule has 0 atom stereocenters. The molecule has 0 aliphatic heterocycles. The van der Waals surface area contributed by atoms with Crippen LogP contribution in [0.1, 0.15) is 20.0 Å². The second kappa shape index (κ2) is 5.99. The first-order chi connectivity index (χ1) is 9.21. The van der Waals surface area contributed by atoms with Gasteiger partial charge in [-0.15, -0.1) is 11.3 Å². The van der Waals surface area contributed by atoms with Crippen molar-refractivity contribution in [2.75, 3.05) is 31.7 Å². The van der Waals surface area contributed by atoms with Gasteiger partial charge in [-0.05, 0) is 0 Å². The third-order valence-electron chi connectivity index (χ3n) is 2.28. The molecule has 112 valence electrons. The van der Waals surface area contributed by atoms with Crippen LogP contribution in [0.2, 0.25) is 0 Å². The van der Waals surface area contributed by atoms with Gasteiger partial charge in [-0.25, -0.2) is 0 Å². The van der Waals surface area contributed by atoms with Crippen LogP contribution in [0.25, 0.3) is 0 Å². The highest BCUT2D eigenvalue weighted by Crippen LogP contribution is 2.36. The Bertz CT molecular complexity index is 527. The minimum Gasteiger partial charge on any atom is -0.397 e. The average Bonchev–Trinajstić information content (AvgIpc) is 2.71. The second-order valence-electron chi connectivity index (χ2n) is 3.68. The van der Waals surface area contributed by atoms with E-state index in [0.29, 0.717) is 11.3 Å². The SMILES string of the molecule is CNC(=O)c1sc(NCC(F)(F)F)c(C(=O)NC)c1N. The molecule has 0 fully saturated rings. The van der Waals surface area contributed by atoms with Crippen LogP contribution >= 0.6 is 11.3 Å². The summed E-state index contributed by atoms with van der Waals surface area (Å²) in [7, 11) is 2.66. The summed E-state index contributed by atoms with van der Waals surface area (Å²) in [5.41, 5.74) is 5.34. The lowest BCUT2D eigenvalue weighted by Crippen LogP contribution is -2.24. The number of hydrogen-bond acceptors (Lipinski definition) is 5. The number of carbonyl (C=O) groups excluding carboxylic acids is 2. The van der Waals surface area contributed by atoms with Crippen molar-refractivity contribution in [3.63, 3.8) is 0 Å². The largest absolute Gasteiger partial charge is 0.405 e. The zero-order chi connectivity index (χ0) is 15.5. The fraction of sp³-hybridized carbons (Fsp3) is 0.400. The number of nitrogens with one attached hydrogen (secondary N) is 3. The van der Waals surface area contributed by atoms with Crippen molar-refractivity contribution in [1.82, 2.24) is 10.6 Å². The van der Waals surface area contributed by atoms with E-state index in [2.05, 4.69) is 16.0 Å². The molecule has 1 heterocycles. The quantitative estimate of drug-likeness (QED) is 0.668. The van der Waals surface area contributed by atoms with Crippen molar-refractivity contribution < 1.29 is 22.8 Å². The van der Waals surface area contributed by atoms with Crippen molar-refractivity contribution in [3.8, 4) is 0 Å². The topological polar surface area (TPSA) is 96.2 Å². The van der Waals surface area contributed by atoms with Crippen molar-refractivity contribution in [2.45, 2.75) is 6.18 Å². The van der Waals surface area contributed by atoms with Gasteiger partial charge < -0.3 is 21.7 Å². The molecule has 20 heavy (non-hydrogen) atoms. The molecule has 0 saturated carbocycles. The van der Waals surface area contributed by atoms with E-state index in [-0.39, 0.29) is 21.1 Å². The Kier molecular flexibility index (Phi) is 4.82. The number of nitrogens with two attached hydrogens (primary N) is 1. The maximum absolute atomic E-state index is 12.2. The molecule has 1 aromatic heterocycles. The van der Waals surface area contributed by atoms with Crippen LogP contribution in [0.5, 0.6) is 0 Å². The van der Waals surface area contributed by atoms with Crippen molar-refractivity contribution in [2.24, 2.45) is 0 Å². The molecule has 10 heteroatoms. The second-order valence-corrected chi connectivity index (χ2v) is 4.70. The van der Waals surface area contributed by atoms with Gasteiger partial charge in [-0.2, -0.15) is 13.2 Å². The molecule has 0 unspecified atom stereocenters. The molecule has 1 rings (SSSR count). The lowest BCUT2D eigenvalue weighted by atomic mass is 10.2. The number of rotatable bonds is 4. The van der Waals surface area contributed by atoms with Crippen molar-refractivity contribution in [3.05, 3.63) is 10.4 Å². The van der Waals surface area contributed by atoms with Crippen LogP contribution in [-0.2, 0) is 0 Å². The zero-order valence-corrected chi connectivity index (χ0v) is 11.5. The number of halogens is 3. The van der Waals surface area contributed by atoms with Crippen LogP contribution in [0.4, 0.5) is 23.9 Å². The molecular weight excluding hydrogens is 297 g/mol. The van der Waals surface area contributed by atoms with E-state index in [1.807, 2.05) is 0 Å². The van der Waals surface area contributed by atoms with Gasteiger partial charge in [0.15, 0.2) is 0 Å². The summed E-state index contributed by atoms with van der Waals surface area (Å²) in [5, 5.41) is 6.55. The summed E-state index contributed by atoms with van der Waals surface area (Å²) in [6.07, 6.45) is -4.45. The van der Waals surface area contributed by atoms with Gasteiger partial charge in [-0.3, -0.25) is 9.59 Å². The molecule has 0 spiro atoms. The molecular formula is C10H13F3N4O2S. The van der Waals surface area contributed by atoms with Gasteiger partial charge >= 0.3 is 6.18 Å².